The molecule has 0 radical (unpaired) electrons. The molecule has 0 bridgehead atoms. The number of fused-ring (bicyclic) bond motifs is 3. The minimum atomic E-state index is -0.375. The van der Waals surface area contributed by atoms with E-state index in [-0.39, 0.29) is 28.5 Å². The molecule has 1 N–H and O–H groups in total. The fraction of sp³-hybridized carbons (Fsp3) is 0.348. The lowest BCUT2D eigenvalue weighted by atomic mass is 9.76. The maximum atomic E-state index is 12.9. The molecule has 30 heavy (non-hydrogen) atoms. The number of morpholine rings is 1. The van der Waals surface area contributed by atoms with Crippen molar-refractivity contribution >= 4 is 17.3 Å². The topological polar surface area (TPSA) is 84.7 Å². The molecule has 5 rings (SSSR count). The summed E-state index contributed by atoms with van der Waals surface area (Å²) in [6.07, 6.45) is 5.35. The Balaban J connectivity index is 1.44. The molecule has 7 nitrogen and oxygen atoms in total. The van der Waals surface area contributed by atoms with Crippen molar-refractivity contribution in [3.63, 3.8) is 0 Å². The molecule has 1 fully saturated rings. The van der Waals surface area contributed by atoms with Gasteiger partial charge in [-0.05, 0) is 41.7 Å². The Morgan fingerprint density at radius 3 is 2.63 bits per heavy atom. The SMILES string of the molecule is O=C(c1ccc2c(c1)C1C=CCC1C(c1ccc([N+](=O)[O-])cc1)N2)N1CCOCC1. The van der Waals surface area contributed by atoms with Crippen molar-refractivity contribution in [3.8, 4) is 0 Å². The molecule has 0 spiro atoms. The molecular formula is C23H23N3O4. The molecule has 0 saturated carbocycles. The number of non-ortho nitro benzene ring substituents is 1. The van der Waals surface area contributed by atoms with E-state index in [4.69, 9.17) is 4.74 Å². The number of carbonyl (C=O) groups is 1. The molecule has 3 aliphatic rings. The lowest BCUT2D eigenvalue weighted by molar-refractivity contribution is -0.384. The Morgan fingerprint density at radius 2 is 1.90 bits per heavy atom. The zero-order chi connectivity index (χ0) is 20.7. The number of nitro benzene ring substituents is 1. The van der Waals surface area contributed by atoms with Crippen LogP contribution in [0, 0.1) is 16.0 Å². The number of carbonyl (C=O) groups excluding carboxylic acids is 1. The number of allylic oxidation sites excluding steroid dienone is 2. The van der Waals surface area contributed by atoms with E-state index in [1.807, 2.05) is 35.2 Å². The Hall–Kier alpha value is -3.19. The van der Waals surface area contributed by atoms with Crippen molar-refractivity contribution < 1.29 is 14.5 Å². The number of ether oxygens (including phenoxy) is 1. The molecule has 3 unspecified atom stereocenters. The number of benzene rings is 2. The van der Waals surface area contributed by atoms with Gasteiger partial charge < -0.3 is 15.0 Å². The third kappa shape index (κ3) is 3.25. The summed E-state index contributed by atoms with van der Waals surface area (Å²) in [7, 11) is 0. The fourth-order valence-electron chi connectivity index (χ4n) is 4.81. The van der Waals surface area contributed by atoms with Gasteiger partial charge in [-0.25, -0.2) is 0 Å². The fourth-order valence-corrected chi connectivity index (χ4v) is 4.81. The highest BCUT2D eigenvalue weighted by atomic mass is 16.6. The number of nitrogens with zero attached hydrogens (tertiary/aromatic N) is 2. The standard InChI is InChI=1S/C23H23N3O4/c27-23(25-10-12-30-13-11-25)16-6-9-21-20(14-16)18-2-1-3-19(18)22(24-21)15-4-7-17(8-5-15)26(28)29/h1-2,4-9,14,18-19,22,24H,3,10-13H2. The largest absolute Gasteiger partial charge is 0.378 e. The van der Waals surface area contributed by atoms with Crippen LogP contribution in [0.3, 0.4) is 0 Å². The number of anilines is 1. The molecule has 2 aromatic carbocycles. The number of nitro groups is 1. The van der Waals surface area contributed by atoms with E-state index >= 15 is 0 Å². The van der Waals surface area contributed by atoms with Crippen molar-refractivity contribution in [3.05, 3.63) is 81.4 Å². The lowest BCUT2D eigenvalue weighted by Gasteiger charge is -2.38. The van der Waals surface area contributed by atoms with Crippen molar-refractivity contribution in [1.29, 1.82) is 0 Å². The zero-order valence-corrected chi connectivity index (χ0v) is 16.5. The van der Waals surface area contributed by atoms with Gasteiger partial charge in [0.1, 0.15) is 0 Å². The summed E-state index contributed by atoms with van der Waals surface area (Å²) in [6, 6.07) is 12.8. The highest BCUT2D eigenvalue weighted by Gasteiger charge is 2.38. The molecule has 154 valence electrons. The van der Waals surface area contributed by atoms with E-state index < -0.39 is 0 Å². The predicted molar refractivity (Wildman–Crippen MR) is 113 cm³/mol. The number of nitrogens with one attached hydrogen (secondary N) is 1. The Morgan fingerprint density at radius 1 is 1.13 bits per heavy atom. The molecule has 0 aromatic heterocycles. The summed E-state index contributed by atoms with van der Waals surface area (Å²) in [4.78, 5) is 25.4. The monoisotopic (exact) mass is 405 g/mol. The molecule has 7 heteroatoms. The van der Waals surface area contributed by atoms with Crippen LogP contribution in [0.2, 0.25) is 0 Å². The van der Waals surface area contributed by atoms with E-state index in [9.17, 15) is 14.9 Å². The number of rotatable bonds is 3. The lowest BCUT2D eigenvalue weighted by Crippen LogP contribution is -2.40. The quantitative estimate of drug-likeness (QED) is 0.476. The molecule has 2 aromatic rings. The summed E-state index contributed by atoms with van der Waals surface area (Å²) in [5, 5.41) is 14.6. The van der Waals surface area contributed by atoms with Gasteiger partial charge in [0, 0.05) is 42.4 Å². The van der Waals surface area contributed by atoms with Gasteiger partial charge in [0.05, 0.1) is 24.2 Å². The zero-order valence-electron chi connectivity index (χ0n) is 16.5. The minimum absolute atomic E-state index is 0.0529. The summed E-state index contributed by atoms with van der Waals surface area (Å²) < 4.78 is 5.36. The summed E-state index contributed by atoms with van der Waals surface area (Å²) in [6.45, 7) is 2.43. The van der Waals surface area contributed by atoms with E-state index in [2.05, 4.69) is 17.5 Å². The van der Waals surface area contributed by atoms with Crippen LogP contribution in [0.4, 0.5) is 11.4 Å². The maximum absolute atomic E-state index is 12.9. The van der Waals surface area contributed by atoms with Gasteiger partial charge in [-0.2, -0.15) is 0 Å². The highest BCUT2D eigenvalue weighted by Crippen LogP contribution is 2.50. The predicted octanol–water partition coefficient (Wildman–Crippen LogP) is 3.89. The molecular weight excluding hydrogens is 382 g/mol. The van der Waals surface area contributed by atoms with Gasteiger partial charge in [0.2, 0.25) is 0 Å². The smallest absolute Gasteiger partial charge is 0.269 e. The third-order valence-corrected chi connectivity index (χ3v) is 6.37. The highest BCUT2D eigenvalue weighted by molar-refractivity contribution is 5.95. The first kappa shape index (κ1) is 18.8. The molecule has 1 saturated heterocycles. The minimum Gasteiger partial charge on any atom is -0.378 e. The van der Waals surface area contributed by atoms with Crippen molar-refractivity contribution in [2.24, 2.45) is 5.92 Å². The Labute approximate surface area is 174 Å². The molecule has 1 amide bonds. The molecule has 2 heterocycles. The first-order valence-electron chi connectivity index (χ1n) is 10.3. The van der Waals surface area contributed by atoms with Crippen LogP contribution >= 0.6 is 0 Å². The van der Waals surface area contributed by atoms with Crippen molar-refractivity contribution in [1.82, 2.24) is 4.90 Å². The second-order valence-electron chi connectivity index (χ2n) is 8.03. The van der Waals surface area contributed by atoms with Gasteiger partial charge in [-0.3, -0.25) is 14.9 Å². The van der Waals surface area contributed by atoms with Crippen molar-refractivity contribution in [2.45, 2.75) is 18.4 Å². The summed E-state index contributed by atoms with van der Waals surface area (Å²) in [5.41, 5.74) is 4.02. The van der Waals surface area contributed by atoms with Gasteiger partial charge in [0.15, 0.2) is 0 Å². The normalized spacial score (nSPS) is 24.7. The number of amides is 1. The van der Waals surface area contributed by atoms with Crippen LogP contribution in [-0.4, -0.2) is 42.0 Å². The summed E-state index contributed by atoms with van der Waals surface area (Å²) >= 11 is 0. The average molecular weight is 405 g/mol. The van der Waals surface area contributed by atoms with Crippen LogP contribution < -0.4 is 5.32 Å². The summed E-state index contributed by atoms with van der Waals surface area (Å²) in [5.74, 6) is 0.587. The van der Waals surface area contributed by atoms with Crippen LogP contribution in [0.5, 0.6) is 0 Å². The average Bonchev–Trinajstić information content (AvgIpc) is 3.29. The van der Waals surface area contributed by atoms with Crippen LogP contribution in [-0.2, 0) is 4.74 Å². The van der Waals surface area contributed by atoms with E-state index in [0.29, 0.717) is 37.8 Å². The first-order chi connectivity index (χ1) is 14.6. The first-order valence-corrected chi connectivity index (χ1v) is 10.3. The number of hydrogen-bond donors (Lipinski definition) is 1. The van der Waals surface area contributed by atoms with E-state index in [1.54, 1.807) is 12.1 Å². The molecule has 3 atom stereocenters. The van der Waals surface area contributed by atoms with Crippen LogP contribution in [0.25, 0.3) is 0 Å². The second-order valence-corrected chi connectivity index (χ2v) is 8.03. The maximum Gasteiger partial charge on any atom is 0.269 e. The molecule has 2 aliphatic heterocycles. The third-order valence-electron chi connectivity index (χ3n) is 6.37. The Kier molecular flexibility index (Phi) is 4.75. The van der Waals surface area contributed by atoms with Crippen LogP contribution in [0.15, 0.2) is 54.6 Å². The van der Waals surface area contributed by atoms with Gasteiger partial charge in [-0.1, -0.05) is 24.3 Å². The van der Waals surface area contributed by atoms with Crippen LogP contribution in [0.1, 0.15) is 39.9 Å². The van der Waals surface area contributed by atoms with E-state index in [1.165, 1.54) is 0 Å². The Bertz CT molecular complexity index is 1010. The second kappa shape index (κ2) is 7.57. The number of hydrogen-bond acceptors (Lipinski definition) is 5. The van der Waals surface area contributed by atoms with E-state index in [0.717, 1.165) is 23.2 Å². The van der Waals surface area contributed by atoms with Gasteiger partial charge in [0.25, 0.3) is 11.6 Å². The van der Waals surface area contributed by atoms with Gasteiger partial charge in [-0.15, -0.1) is 0 Å². The van der Waals surface area contributed by atoms with Crippen molar-refractivity contribution in [2.75, 3.05) is 31.6 Å². The molecule has 1 aliphatic carbocycles. The van der Waals surface area contributed by atoms with Gasteiger partial charge >= 0.3 is 0 Å².